The van der Waals surface area contributed by atoms with Crippen LogP contribution in [0.25, 0.3) is 0 Å². The standard InChI is InChI=1S/C11H20N2O/c1-3-8-12(2)11(14)13-9-6-4-5-7-10-13/h3H,1,4-10H2,2H3. The zero-order chi connectivity index (χ0) is 10.4. The van der Waals surface area contributed by atoms with Crippen LogP contribution in [-0.2, 0) is 0 Å². The molecule has 1 saturated heterocycles. The van der Waals surface area contributed by atoms with Gasteiger partial charge in [0.2, 0.25) is 0 Å². The van der Waals surface area contributed by atoms with Crippen LogP contribution in [0.3, 0.4) is 0 Å². The highest BCUT2D eigenvalue weighted by molar-refractivity contribution is 5.74. The SMILES string of the molecule is C=CCN(C)C(=O)N1CCCCCC1. The number of amides is 2. The third-order valence-corrected chi connectivity index (χ3v) is 2.61. The van der Waals surface area contributed by atoms with E-state index in [1.54, 1.807) is 11.0 Å². The monoisotopic (exact) mass is 196 g/mol. The van der Waals surface area contributed by atoms with Gasteiger partial charge in [-0.1, -0.05) is 18.9 Å². The lowest BCUT2D eigenvalue weighted by atomic mass is 10.2. The Morgan fingerprint density at radius 3 is 2.43 bits per heavy atom. The summed E-state index contributed by atoms with van der Waals surface area (Å²) in [6.45, 7) is 6.10. The fraction of sp³-hybridized carbons (Fsp3) is 0.727. The van der Waals surface area contributed by atoms with Crippen molar-refractivity contribution in [2.75, 3.05) is 26.7 Å². The first kappa shape index (κ1) is 11.1. The smallest absolute Gasteiger partial charge is 0.320 e. The molecular weight excluding hydrogens is 176 g/mol. The van der Waals surface area contributed by atoms with E-state index in [2.05, 4.69) is 6.58 Å². The molecule has 1 heterocycles. The molecule has 0 saturated carbocycles. The Hall–Kier alpha value is -0.990. The van der Waals surface area contributed by atoms with Gasteiger partial charge in [-0.05, 0) is 12.8 Å². The molecule has 1 aliphatic heterocycles. The maximum Gasteiger partial charge on any atom is 0.320 e. The van der Waals surface area contributed by atoms with E-state index in [0.29, 0.717) is 6.54 Å². The summed E-state index contributed by atoms with van der Waals surface area (Å²) < 4.78 is 0. The van der Waals surface area contributed by atoms with Crippen molar-refractivity contribution in [2.45, 2.75) is 25.7 Å². The zero-order valence-electron chi connectivity index (χ0n) is 9.04. The highest BCUT2D eigenvalue weighted by Gasteiger charge is 2.17. The quantitative estimate of drug-likeness (QED) is 0.620. The Morgan fingerprint density at radius 1 is 1.36 bits per heavy atom. The van der Waals surface area contributed by atoms with E-state index in [0.717, 1.165) is 25.9 Å². The maximum absolute atomic E-state index is 11.8. The van der Waals surface area contributed by atoms with Crippen molar-refractivity contribution in [3.63, 3.8) is 0 Å². The molecule has 1 fully saturated rings. The molecule has 1 rings (SSSR count). The number of carbonyl (C=O) groups excluding carboxylic acids is 1. The van der Waals surface area contributed by atoms with Crippen molar-refractivity contribution in [3.8, 4) is 0 Å². The Labute approximate surface area is 86.4 Å². The molecule has 0 aromatic heterocycles. The summed E-state index contributed by atoms with van der Waals surface area (Å²) in [4.78, 5) is 15.5. The average Bonchev–Trinajstić information content (AvgIpc) is 2.45. The minimum absolute atomic E-state index is 0.145. The summed E-state index contributed by atoms with van der Waals surface area (Å²) in [7, 11) is 1.83. The average molecular weight is 196 g/mol. The van der Waals surface area contributed by atoms with E-state index in [1.807, 2.05) is 11.9 Å². The molecular formula is C11H20N2O. The highest BCUT2D eigenvalue weighted by Crippen LogP contribution is 2.11. The molecule has 0 aliphatic carbocycles. The number of likely N-dealkylation sites (tertiary alicyclic amines) is 1. The summed E-state index contributed by atoms with van der Waals surface area (Å²) in [5.74, 6) is 0. The third kappa shape index (κ3) is 3.05. The van der Waals surface area contributed by atoms with Crippen LogP contribution in [0.5, 0.6) is 0 Å². The van der Waals surface area contributed by atoms with Gasteiger partial charge in [0.15, 0.2) is 0 Å². The Bertz CT molecular complexity index is 195. The van der Waals surface area contributed by atoms with Gasteiger partial charge >= 0.3 is 6.03 Å². The van der Waals surface area contributed by atoms with Crippen molar-refractivity contribution in [1.29, 1.82) is 0 Å². The first-order valence-corrected chi connectivity index (χ1v) is 5.36. The van der Waals surface area contributed by atoms with E-state index in [1.165, 1.54) is 12.8 Å². The lowest BCUT2D eigenvalue weighted by Crippen LogP contribution is -2.41. The summed E-state index contributed by atoms with van der Waals surface area (Å²) in [5, 5.41) is 0. The molecule has 80 valence electrons. The van der Waals surface area contributed by atoms with Gasteiger partial charge in [-0.25, -0.2) is 4.79 Å². The van der Waals surface area contributed by atoms with Gasteiger partial charge in [0.25, 0.3) is 0 Å². The van der Waals surface area contributed by atoms with Gasteiger partial charge in [-0.15, -0.1) is 6.58 Å². The third-order valence-electron chi connectivity index (χ3n) is 2.61. The minimum Gasteiger partial charge on any atom is -0.325 e. The molecule has 0 bridgehead atoms. The molecule has 0 atom stereocenters. The zero-order valence-corrected chi connectivity index (χ0v) is 9.04. The molecule has 3 heteroatoms. The van der Waals surface area contributed by atoms with E-state index in [-0.39, 0.29) is 6.03 Å². The second-order valence-corrected chi connectivity index (χ2v) is 3.85. The van der Waals surface area contributed by atoms with Gasteiger partial charge in [0.05, 0.1) is 0 Å². The summed E-state index contributed by atoms with van der Waals surface area (Å²) in [6, 6.07) is 0.145. The Balaban J connectivity index is 2.44. The van der Waals surface area contributed by atoms with Crippen molar-refractivity contribution in [1.82, 2.24) is 9.80 Å². The van der Waals surface area contributed by atoms with Crippen LogP contribution in [0.15, 0.2) is 12.7 Å². The van der Waals surface area contributed by atoms with Crippen LogP contribution < -0.4 is 0 Å². The number of hydrogen-bond donors (Lipinski definition) is 0. The number of nitrogens with zero attached hydrogens (tertiary/aromatic N) is 2. The normalized spacial score (nSPS) is 17.4. The topological polar surface area (TPSA) is 23.6 Å². The number of carbonyl (C=O) groups is 1. The molecule has 0 N–H and O–H groups in total. The number of hydrogen-bond acceptors (Lipinski definition) is 1. The van der Waals surface area contributed by atoms with E-state index in [9.17, 15) is 4.79 Å². The molecule has 14 heavy (non-hydrogen) atoms. The number of rotatable bonds is 2. The van der Waals surface area contributed by atoms with E-state index in [4.69, 9.17) is 0 Å². The minimum atomic E-state index is 0.145. The van der Waals surface area contributed by atoms with Crippen LogP contribution in [0.1, 0.15) is 25.7 Å². The Kier molecular flexibility index (Phi) is 4.50. The van der Waals surface area contributed by atoms with Crippen LogP contribution in [-0.4, -0.2) is 42.5 Å². The van der Waals surface area contributed by atoms with Crippen LogP contribution in [0.2, 0.25) is 0 Å². The molecule has 2 amide bonds. The van der Waals surface area contributed by atoms with Crippen LogP contribution in [0, 0.1) is 0 Å². The molecule has 1 aliphatic rings. The highest BCUT2D eigenvalue weighted by atomic mass is 16.2. The van der Waals surface area contributed by atoms with Gasteiger partial charge in [0, 0.05) is 26.7 Å². The van der Waals surface area contributed by atoms with Gasteiger partial charge in [-0.3, -0.25) is 0 Å². The van der Waals surface area contributed by atoms with Gasteiger partial charge in [0.1, 0.15) is 0 Å². The maximum atomic E-state index is 11.8. The van der Waals surface area contributed by atoms with Gasteiger partial charge in [-0.2, -0.15) is 0 Å². The van der Waals surface area contributed by atoms with Crippen LogP contribution >= 0.6 is 0 Å². The molecule has 3 nitrogen and oxygen atoms in total. The van der Waals surface area contributed by atoms with Crippen molar-refractivity contribution in [3.05, 3.63) is 12.7 Å². The fourth-order valence-corrected chi connectivity index (χ4v) is 1.78. The van der Waals surface area contributed by atoms with E-state index >= 15 is 0 Å². The second kappa shape index (κ2) is 5.68. The van der Waals surface area contributed by atoms with Gasteiger partial charge < -0.3 is 9.80 Å². The Morgan fingerprint density at radius 2 is 1.93 bits per heavy atom. The second-order valence-electron chi connectivity index (χ2n) is 3.85. The number of likely N-dealkylation sites (N-methyl/N-ethyl adjacent to an activating group) is 1. The van der Waals surface area contributed by atoms with E-state index < -0.39 is 0 Å². The first-order valence-electron chi connectivity index (χ1n) is 5.36. The van der Waals surface area contributed by atoms with Crippen molar-refractivity contribution < 1.29 is 4.79 Å². The molecule has 0 aromatic carbocycles. The summed E-state index contributed by atoms with van der Waals surface area (Å²) >= 11 is 0. The molecule has 0 aromatic rings. The molecule has 0 spiro atoms. The summed E-state index contributed by atoms with van der Waals surface area (Å²) in [5.41, 5.74) is 0. The largest absolute Gasteiger partial charge is 0.325 e. The van der Waals surface area contributed by atoms with Crippen molar-refractivity contribution >= 4 is 6.03 Å². The fourth-order valence-electron chi connectivity index (χ4n) is 1.78. The predicted octanol–water partition coefficient (Wildman–Crippen LogP) is 2.10. The summed E-state index contributed by atoms with van der Waals surface area (Å²) in [6.07, 6.45) is 6.57. The van der Waals surface area contributed by atoms with Crippen LogP contribution in [0.4, 0.5) is 4.79 Å². The lowest BCUT2D eigenvalue weighted by molar-refractivity contribution is 0.168. The van der Waals surface area contributed by atoms with Crippen molar-refractivity contribution in [2.24, 2.45) is 0 Å². The predicted molar refractivity (Wildman–Crippen MR) is 58.3 cm³/mol. The first-order chi connectivity index (χ1) is 6.75. The number of urea groups is 1. The lowest BCUT2D eigenvalue weighted by Gasteiger charge is -2.26. The molecule has 0 unspecified atom stereocenters. The molecule has 0 radical (unpaired) electrons.